The van der Waals surface area contributed by atoms with Crippen LogP contribution in [0.5, 0.6) is 0 Å². The summed E-state index contributed by atoms with van der Waals surface area (Å²) in [6.07, 6.45) is -6.34. The number of nitrogens with zero attached hydrogens (tertiary/aromatic N) is 1. The van der Waals surface area contributed by atoms with E-state index in [1.807, 2.05) is 26.1 Å². The summed E-state index contributed by atoms with van der Waals surface area (Å²) in [4.78, 5) is 22.5. The molecule has 118 valence electrons. The monoisotopic (exact) mass is 307 g/mol. The van der Waals surface area contributed by atoms with Crippen LogP contribution >= 0.6 is 0 Å². The van der Waals surface area contributed by atoms with Crippen LogP contribution in [0.3, 0.4) is 0 Å². The molecule has 6 nitrogen and oxygen atoms in total. The van der Waals surface area contributed by atoms with Gasteiger partial charge in [-0.1, -0.05) is 20.8 Å². The molecule has 1 unspecified atom stereocenters. The first-order chi connectivity index (χ1) is 9.40. The molecule has 0 aliphatic heterocycles. The zero-order chi connectivity index (χ0) is 16.4. The number of hydrogen-bond acceptors (Lipinski definition) is 3. The van der Waals surface area contributed by atoms with E-state index in [-0.39, 0.29) is 11.1 Å². The fraction of sp³-hybridized carbons (Fsp3) is 0.583. The minimum atomic E-state index is -4.70. The highest BCUT2D eigenvalue weighted by Crippen LogP contribution is 2.22. The minimum absolute atomic E-state index is 0.159. The summed E-state index contributed by atoms with van der Waals surface area (Å²) in [6.45, 7) is 5.56. The maximum atomic E-state index is 12.2. The number of halogens is 3. The van der Waals surface area contributed by atoms with Gasteiger partial charge in [0.25, 0.3) is 5.91 Å². The zero-order valence-corrected chi connectivity index (χ0v) is 11.7. The molecule has 0 aromatic carbocycles. The highest BCUT2D eigenvalue weighted by atomic mass is 19.4. The Balaban J connectivity index is 2.83. The van der Waals surface area contributed by atoms with Gasteiger partial charge >= 0.3 is 12.1 Å². The van der Waals surface area contributed by atoms with Crippen LogP contribution in [0.25, 0.3) is 0 Å². The van der Waals surface area contributed by atoms with Crippen LogP contribution in [-0.4, -0.2) is 39.4 Å². The van der Waals surface area contributed by atoms with Crippen molar-refractivity contribution in [3.8, 4) is 0 Å². The van der Waals surface area contributed by atoms with Gasteiger partial charge < -0.3 is 10.4 Å². The van der Waals surface area contributed by atoms with Gasteiger partial charge in [-0.05, 0) is 6.07 Å². The lowest BCUT2D eigenvalue weighted by atomic mass is 9.92. The van der Waals surface area contributed by atoms with E-state index in [2.05, 4.69) is 10.2 Å². The Hall–Kier alpha value is -2.06. The molecule has 21 heavy (non-hydrogen) atoms. The minimum Gasteiger partial charge on any atom is -0.480 e. The van der Waals surface area contributed by atoms with Gasteiger partial charge in [0.15, 0.2) is 0 Å². The summed E-state index contributed by atoms with van der Waals surface area (Å²) in [5.74, 6) is -2.73. The Morgan fingerprint density at radius 2 is 1.95 bits per heavy atom. The third kappa shape index (κ3) is 5.09. The van der Waals surface area contributed by atoms with Crippen molar-refractivity contribution in [1.82, 2.24) is 15.5 Å². The number of carbonyl (C=O) groups excluding carboxylic acids is 1. The first-order valence-electron chi connectivity index (χ1n) is 6.06. The lowest BCUT2D eigenvalue weighted by Gasteiger charge is -2.15. The fourth-order valence-electron chi connectivity index (χ4n) is 1.49. The van der Waals surface area contributed by atoms with Crippen LogP contribution in [0.15, 0.2) is 6.07 Å². The molecular weight excluding hydrogens is 291 g/mol. The van der Waals surface area contributed by atoms with Gasteiger partial charge in [0.2, 0.25) is 0 Å². The molecule has 1 rings (SSSR count). The molecule has 0 aliphatic rings. The number of aromatic amines is 1. The van der Waals surface area contributed by atoms with Crippen LogP contribution in [0.1, 0.15) is 43.4 Å². The molecule has 1 atom stereocenters. The number of nitrogens with one attached hydrogen (secondary N) is 2. The average molecular weight is 307 g/mol. The number of amides is 1. The molecule has 0 saturated carbocycles. The van der Waals surface area contributed by atoms with E-state index in [9.17, 15) is 22.8 Å². The van der Waals surface area contributed by atoms with Gasteiger partial charge in [0.05, 0.1) is 6.42 Å². The zero-order valence-electron chi connectivity index (χ0n) is 11.7. The smallest absolute Gasteiger partial charge is 0.391 e. The van der Waals surface area contributed by atoms with Crippen LogP contribution in [0.2, 0.25) is 0 Å². The van der Waals surface area contributed by atoms with E-state index in [1.54, 1.807) is 0 Å². The predicted molar refractivity (Wildman–Crippen MR) is 66.8 cm³/mol. The summed E-state index contributed by atoms with van der Waals surface area (Å²) in [6, 6.07) is -0.672. The Kier molecular flexibility index (Phi) is 4.65. The maximum Gasteiger partial charge on any atom is 0.391 e. The maximum absolute atomic E-state index is 12.2. The van der Waals surface area contributed by atoms with E-state index >= 15 is 0 Å². The van der Waals surface area contributed by atoms with Crippen LogP contribution < -0.4 is 5.32 Å². The molecule has 0 bridgehead atoms. The molecule has 3 N–H and O–H groups in total. The van der Waals surface area contributed by atoms with Crippen molar-refractivity contribution in [3.63, 3.8) is 0 Å². The number of hydrogen-bond donors (Lipinski definition) is 3. The second kappa shape index (κ2) is 5.74. The van der Waals surface area contributed by atoms with E-state index in [4.69, 9.17) is 5.11 Å². The third-order valence-electron chi connectivity index (χ3n) is 2.66. The quantitative estimate of drug-likeness (QED) is 0.791. The molecule has 1 aromatic rings. The second-order valence-electron chi connectivity index (χ2n) is 5.60. The number of H-pyrrole nitrogens is 1. The molecule has 1 aromatic heterocycles. The fourth-order valence-corrected chi connectivity index (χ4v) is 1.49. The summed E-state index contributed by atoms with van der Waals surface area (Å²) < 4.78 is 36.7. The number of carboxylic acids is 1. The Morgan fingerprint density at radius 3 is 2.33 bits per heavy atom. The van der Waals surface area contributed by atoms with Crippen molar-refractivity contribution in [2.75, 3.05) is 0 Å². The van der Waals surface area contributed by atoms with Gasteiger partial charge in [-0.2, -0.15) is 18.3 Å². The molecule has 1 amide bonds. The Labute approximate surface area is 118 Å². The molecule has 0 saturated heterocycles. The van der Waals surface area contributed by atoms with Crippen molar-refractivity contribution < 1.29 is 27.9 Å². The van der Waals surface area contributed by atoms with Crippen molar-refractivity contribution >= 4 is 11.9 Å². The summed E-state index contributed by atoms with van der Waals surface area (Å²) in [5.41, 5.74) is 0.118. The van der Waals surface area contributed by atoms with E-state index in [0.29, 0.717) is 5.69 Å². The summed E-state index contributed by atoms with van der Waals surface area (Å²) in [5, 5.41) is 16.8. The first-order valence-corrected chi connectivity index (χ1v) is 6.06. The first kappa shape index (κ1) is 17.0. The van der Waals surface area contributed by atoms with Crippen molar-refractivity contribution in [3.05, 3.63) is 17.5 Å². The number of aliphatic carboxylic acids is 1. The summed E-state index contributed by atoms with van der Waals surface area (Å²) >= 11 is 0. The SMILES string of the molecule is CC(C)(C)c1cc(C(=O)NC(CC(F)(F)F)C(=O)O)n[nH]1. The van der Waals surface area contributed by atoms with Gasteiger partial charge in [0.1, 0.15) is 11.7 Å². The van der Waals surface area contributed by atoms with Crippen molar-refractivity contribution in [2.45, 2.75) is 44.8 Å². The molecule has 0 spiro atoms. The molecule has 0 aliphatic carbocycles. The molecule has 1 heterocycles. The van der Waals surface area contributed by atoms with Crippen LogP contribution in [-0.2, 0) is 10.2 Å². The van der Waals surface area contributed by atoms with Crippen LogP contribution in [0, 0.1) is 0 Å². The average Bonchev–Trinajstić information content (AvgIpc) is 2.74. The number of aromatic nitrogens is 2. The predicted octanol–water partition coefficient (Wildman–Crippen LogP) is 1.84. The van der Waals surface area contributed by atoms with Gasteiger partial charge in [-0.15, -0.1) is 0 Å². The van der Waals surface area contributed by atoms with E-state index in [1.165, 1.54) is 6.07 Å². The number of rotatable bonds is 4. The van der Waals surface area contributed by atoms with Gasteiger partial charge in [-0.25, -0.2) is 4.79 Å². The second-order valence-corrected chi connectivity index (χ2v) is 5.60. The third-order valence-corrected chi connectivity index (χ3v) is 2.66. The van der Waals surface area contributed by atoms with Crippen molar-refractivity contribution in [2.24, 2.45) is 0 Å². The highest BCUT2D eigenvalue weighted by molar-refractivity contribution is 5.95. The molecule has 0 radical (unpaired) electrons. The van der Waals surface area contributed by atoms with Crippen molar-refractivity contribution in [1.29, 1.82) is 0 Å². The number of carboxylic acid groups (broad SMARTS) is 1. The number of alkyl halides is 3. The highest BCUT2D eigenvalue weighted by Gasteiger charge is 2.36. The van der Waals surface area contributed by atoms with E-state index < -0.39 is 30.5 Å². The van der Waals surface area contributed by atoms with E-state index in [0.717, 1.165) is 0 Å². The lowest BCUT2D eigenvalue weighted by Crippen LogP contribution is -2.43. The Morgan fingerprint density at radius 1 is 1.38 bits per heavy atom. The van der Waals surface area contributed by atoms with Gasteiger partial charge in [-0.3, -0.25) is 9.89 Å². The molecule has 9 heteroatoms. The standard InChI is InChI=1S/C12H16F3N3O3/c1-11(2,3)8-4-6(17-18-8)9(19)16-7(10(20)21)5-12(13,14)15/h4,7H,5H2,1-3H3,(H,16,19)(H,17,18)(H,20,21). The largest absolute Gasteiger partial charge is 0.480 e. The van der Waals surface area contributed by atoms with Crippen LogP contribution in [0.4, 0.5) is 13.2 Å². The normalized spacial score (nSPS) is 13.8. The van der Waals surface area contributed by atoms with Gasteiger partial charge in [0, 0.05) is 11.1 Å². The molecular formula is C12H16F3N3O3. The Bertz CT molecular complexity index is 532. The lowest BCUT2D eigenvalue weighted by molar-refractivity contribution is -0.157. The topological polar surface area (TPSA) is 95.1 Å². The summed E-state index contributed by atoms with van der Waals surface area (Å²) in [7, 11) is 0. The molecule has 0 fully saturated rings. The number of carbonyl (C=O) groups is 2.